The van der Waals surface area contributed by atoms with Crippen LogP contribution in [0.3, 0.4) is 0 Å². The van der Waals surface area contributed by atoms with Crippen LogP contribution in [0.1, 0.15) is 0 Å². The van der Waals surface area contributed by atoms with Crippen molar-refractivity contribution in [1.82, 2.24) is 5.32 Å². The Labute approximate surface area is 261 Å². The molecule has 5 aromatic rings. The van der Waals surface area contributed by atoms with Crippen LogP contribution >= 0.6 is 20.1 Å². The SMILES string of the molecule is CNC(=S)N=Nc1ccc2ccccc2c1[O-].[Cl-].[Cl-].[Ru+3].c1ccc(P(c2ccccc2)c2ccccc2)cc1. The Morgan fingerprint density at radius 1 is 0.667 bits per heavy atom. The first kappa shape index (κ1) is 34.3. The van der Waals surface area contributed by atoms with E-state index in [0.717, 1.165) is 5.39 Å². The van der Waals surface area contributed by atoms with E-state index in [0.29, 0.717) is 11.1 Å². The van der Waals surface area contributed by atoms with Gasteiger partial charge in [0.2, 0.25) is 5.11 Å². The van der Waals surface area contributed by atoms with E-state index in [-0.39, 0.29) is 55.2 Å². The summed E-state index contributed by atoms with van der Waals surface area (Å²) in [5.41, 5.74) is 0.293. The molecule has 1 N–H and O–H groups in total. The summed E-state index contributed by atoms with van der Waals surface area (Å²) in [5, 5.41) is 28.2. The molecule has 0 heterocycles. The van der Waals surface area contributed by atoms with E-state index in [2.05, 4.69) is 107 Å². The molecule has 4 nitrogen and oxygen atoms in total. The van der Waals surface area contributed by atoms with Crippen LogP contribution in [0.2, 0.25) is 0 Å². The molecule has 5 rings (SSSR count). The van der Waals surface area contributed by atoms with Gasteiger partial charge in [-0.05, 0) is 52.9 Å². The number of nitrogens with zero attached hydrogens (tertiary/aromatic N) is 2. The van der Waals surface area contributed by atoms with E-state index < -0.39 is 7.92 Å². The zero-order chi connectivity index (χ0) is 25.2. The number of azo groups is 1. The summed E-state index contributed by atoms with van der Waals surface area (Å²) < 4.78 is 0. The van der Waals surface area contributed by atoms with Gasteiger partial charge in [0.05, 0.1) is 5.69 Å². The van der Waals surface area contributed by atoms with E-state index in [1.165, 1.54) is 15.9 Å². The van der Waals surface area contributed by atoms with E-state index in [9.17, 15) is 5.11 Å². The fraction of sp³-hybridized carbons (Fsp3) is 0.0333. The van der Waals surface area contributed by atoms with Crippen molar-refractivity contribution >= 4 is 57.6 Å². The topological polar surface area (TPSA) is 59.8 Å². The maximum absolute atomic E-state index is 12.0. The van der Waals surface area contributed by atoms with Gasteiger partial charge in [0.25, 0.3) is 0 Å². The Kier molecular flexibility index (Phi) is 15.6. The van der Waals surface area contributed by atoms with Gasteiger partial charge < -0.3 is 35.2 Å². The number of halogens is 2. The van der Waals surface area contributed by atoms with Crippen LogP contribution in [-0.2, 0) is 19.5 Å². The number of hydrogen-bond acceptors (Lipinski definition) is 3. The van der Waals surface area contributed by atoms with Crippen molar-refractivity contribution in [3.05, 3.63) is 127 Å². The molecule has 0 bridgehead atoms. The summed E-state index contributed by atoms with van der Waals surface area (Å²) in [4.78, 5) is 0. The van der Waals surface area contributed by atoms with Gasteiger partial charge in [-0.3, -0.25) is 0 Å². The summed E-state index contributed by atoms with van der Waals surface area (Å²) in [6, 6.07) is 43.2. The van der Waals surface area contributed by atoms with Crippen molar-refractivity contribution in [2.24, 2.45) is 10.2 Å². The number of thiocarbonyl (C=S) groups is 1. The molecule has 199 valence electrons. The van der Waals surface area contributed by atoms with Gasteiger partial charge >= 0.3 is 19.5 Å². The largest absolute Gasteiger partial charge is 3.00 e. The van der Waals surface area contributed by atoms with Crippen molar-refractivity contribution in [1.29, 1.82) is 0 Å². The first-order chi connectivity index (χ1) is 17.7. The second-order valence-electron chi connectivity index (χ2n) is 7.73. The molecule has 0 spiro atoms. The molecule has 0 aliphatic heterocycles. The van der Waals surface area contributed by atoms with E-state index >= 15 is 0 Å². The van der Waals surface area contributed by atoms with Gasteiger partial charge in [-0.15, -0.1) is 10.2 Å². The van der Waals surface area contributed by atoms with Gasteiger partial charge in [-0.2, -0.15) is 0 Å². The van der Waals surface area contributed by atoms with Gasteiger partial charge in [-0.1, -0.05) is 127 Å². The summed E-state index contributed by atoms with van der Waals surface area (Å²) in [7, 11) is 1.21. The molecule has 0 fully saturated rings. The van der Waals surface area contributed by atoms with Crippen LogP contribution in [0.15, 0.2) is 138 Å². The van der Waals surface area contributed by atoms with E-state index in [4.69, 9.17) is 12.2 Å². The summed E-state index contributed by atoms with van der Waals surface area (Å²) in [6.07, 6.45) is 0. The molecule has 0 aromatic heterocycles. The van der Waals surface area contributed by atoms with Crippen molar-refractivity contribution in [3.8, 4) is 5.75 Å². The number of nitrogens with one attached hydrogen (secondary N) is 1. The van der Waals surface area contributed by atoms with Crippen LogP contribution < -0.4 is 51.2 Å². The molecule has 0 saturated heterocycles. The molecule has 5 aromatic carbocycles. The maximum atomic E-state index is 12.0. The third kappa shape index (κ3) is 9.46. The molecule has 0 aliphatic carbocycles. The second kappa shape index (κ2) is 17.8. The number of rotatable bonds is 4. The number of hydrogen-bond donors (Lipinski definition) is 1. The Morgan fingerprint density at radius 2 is 1.10 bits per heavy atom. The molecule has 0 unspecified atom stereocenters. The van der Waals surface area contributed by atoms with Crippen LogP contribution in [0.5, 0.6) is 5.75 Å². The predicted octanol–water partition coefficient (Wildman–Crippen LogP) is -0.0483. The first-order valence-corrected chi connectivity index (χ1v) is 13.2. The molecule has 1 radical (unpaired) electrons. The zero-order valence-corrected chi connectivity index (χ0v) is 25.9. The van der Waals surface area contributed by atoms with Crippen molar-refractivity contribution in [2.45, 2.75) is 0 Å². The minimum absolute atomic E-state index is 0. The van der Waals surface area contributed by atoms with Gasteiger partial charge in [-0.25, -0.2) is 0 Å². The summed E-state index contributed by atoms with van der Waals surface area (Å²) >= 11 is 4.82. The Morgan fingerprint density at radius 3 is 1.56 bits per heavy atom. The standard InChI is InChI=1S/C18H15P.C12H11N3OS.2ClH.Ru/c1-4-10-16(11-5-1)19(17-12-6-2-7-13-17)18-14-8-3-9-15-18;1-13-12(17)15-14-10-7-6-8-4-2-3-5-9(8)11(10)16;;;/h1-15H;2-7,16H,1H3,(H,13,17);2*1H;/q;;;;+3/p-3. The Hall–Kier alpha value is -2.72. The quantitative estimate of drug-likeness (QED) is 0.126. The molecular weight excluding hydrogens is 653 g/mol. The third-order valence-corrected chi connectivity index (χ3v) is 8.09. The monoisotopic (exact) mass is 678 g/mol. The molecule has 39 heavy (non-hydrogen) atoms. The second-order valence-corrected chi connectivity index (χ2v) is 10.3. The minimum atomic E-state index is -0.446. The Balaban J connectivity index is 0.000000364. The normalized spacial score (nSPS) is 9.90. The minimum Gasteiger partial charge on any atom is -1.00 e. The van der Waals surface area contributed by atoms with Crippen molar-refractivity contribution < 1.29 is 49.4 Å². The van der Waals surface area contributed by atoms with Crippen LogP contribution in [0.4, 0.5) is 5.69 Å². The van der Waals surface area contributed by atoms with Crippen LogP contribution in [0, 0.1) is 0 Å². The third-order valence-electron chi connectivity index (χ3n) is 5.36. The molecule has 0 aliphatic rings. The smallest absolute Gasteiger partial charge is 1.00 e. The zero-order valence-electron chi connectivity index (χ0n) is 20.9. The molecule has 9 heteroatoms. The Bertz CT molecular complexity index is 1370. The average Bonchev–Trinajstić information content (AvgIpc) is 2.95. The number of benzene rings is 5. The van der Waals surface area contributed by atoms with Gasteiger partial charge in [0.15, 0.2) is 0 Å². The number of fused-ring (bicyclic) bond motifs is 1. The predicted molar refractivity (Wildman–Crippen MR) is 155 cm³/mol. The fourth-order valence-electron chi connectivity index (χ4n) is 3.64. The molecule has 0 amide bonds. The first-order valence-electron chi connectivity index (χ1n) is 11.4. The van der Waals surface area contributed by atoms with Crippen LogP contribution in [-0.4, -0.2) is 12.2 Å². The van der Waals surface area contributed by atoms with Gasteiger partial charge in [0.1, 0.15) is 0 Å². The van der Waals surface area contributed by atoms with Gasteiger partial charge in [0, 0.05) is 7.05 Å². The summed E-state index contributed by atoms with van der Waals surface area (Å²) in [6.45, 7) is 0. The molecule has 0 atom stereocenters. The fourth-order valence-corrected chi connectivity index (χ4v) is 5.98. The molecular formula is C30H25Cl2N3OPRuS. The maximum Gasteiger partial charge on any atom is 3.00 e. The van der Waals surface area contributed by atoms with Crippen molar-refractivity contribution in [2.75, 3.05) is 7.05 Å². The van der Waals surface area contributed by atoms with Crippen LogP contribution in [0.25, 0.3) is 10.8 Å². The summed E-state index contributed by atoms with van der Waals surface area (Å²) in [5.74, 6) is -0.134. The average molecular weight is 679 g/mol. The van der Waals surface area contributed by atoms with E-state index in [1.54, 1.807) is 19.2 Å². The molecule has 0 saturated carbocycles. The van der Waals surface area contributed by atoms with E-state index in [1.807, 2.05) is 24.3 Å². The van der Waals surface area contributed by atoms with Crippen molar-refractivity contribution in [3.63, 3.8) is 0 Å².